The van der Waals surface area contributed by atoms with E-state index in [2.05, 4.69) is 6.92 Å². The molecule has 0 aromatic carbocycles. The van der Waals surface area contributed by atoms with Crippen molar-refractivity contribution < 1.29 is 9.18 Å². The number of rotatable bonds is 1. The molecule has 3 unspecified atom stereocenters. The standard InChI is InChI=1S/C10H16FNO/c1-7-5-8(7)9(13)12-4-3-10(2,11)6-12/h7-8H,3-6H2,1-2H3. The molecule has 2 fully saturated rings. The molecule has 1 amide bonds. The highest BCUT2D eigenvalue weighted by Gasteiger charge is 2.45. The maximum atomic E-state index is 13.4. The molecule has 1 aliphatic heterocycles. The number of hydrogen-bond acceptors (Lipinski definition) is 1. The van der Waals surface area contributed by atoms with Crippen LogP contribution in [0.2, 0.25) is 0 Å². The second-order valence-electron chi connectivity index (χ2n) is 4.74. The zero-order valence-corrected chi connectivity index (χ0v) is 8.22. The molecule has 2 nitrogen and oxygen atoms in total. The molecule has 0 aromatic heterocycles. The van der Waals surface area contributed by atoms with Crippen molar-refractivity contribution in [1.82, 2.24) is 4.90 Å². The third-order valence-corrected chi connectivity index (χ3v) is 3.16. The van der Waals surface area contributed by atoms with Gasteiger partial charge in [-0.3, -0.25) is 4.79 Å². The summed E-state index contributed by atoms with van der Waals surface area (Å²) in [5.74, 6) is 0.904. The van der Waals surface area contributed by atoms with Gasteiger partial charge < -0.3 is 4.90 Å². The zero-order chi connectivity index (χ0) is 9.64. The van der Waals surface area contributed by atoms with Crippen LogP contribution in [0.1, 0.15) is 26.7 Å². The van der Waals surface area contributed by atoms with E-state index < -0.39 is 5.67 Å². The molecular weight excluding hydrogens is 169 g/mol. The van der Waals surface area contributed by atoms with Gasteiger partial charge in [-0.1, -0.05) is 6.92 Å². The second kappa shape index (κ2) is 2.69. The number of alkyl halides is 1. The average Bonchev–Trinajstić information content (AvgIpc) is 2.64. The van der Waals surface area contributed by atoms with Gasteiger partial charge in [0.15, 0.2) is 0 Å². The summed E-state index contributed by atoms with van der Waals surface area (Å²) in [6, 6.07) is 0. The molecule has 1 saturated carbocycles. The molecule has 13 heavy (non-hydrogen) atoms. The Hall–Kier alpha value is -0.600. The van der Waals surface area contributed by atoms with E-state index in [1.54, 1.807) is 11.8 Å². The van der Waals surface area contributed by atoms with Crippen LogP contribution in [0.3, 0.4) is 0 Å². The summed E-state index contributed by atoms with van der Waals surface area (Å²) in [5, 5.41) is 0. The molecule has 0 radical (unpaired) electrons. The predicted octanol–water partition coefficient (Wildman–Crippen LogP) is 1.60. The molecule has 0 bridgehead atoms. The lowest BCUT2D eigenvalue weighted by Crippen LogP contribution is -2.33. The number of carbonyl (C=O) groups excluding carboxylic acids is 1. The summed E-state index contributed by atoms with van der Waals surface area (Å²) >= 11 is 0. The van der Waals surface area contributed by atoms with Crippen LogP contribution in [-0.2, 0) is 4.79 Å². The van der Waals surface area contributed by atoms with E-state index in [4.69, 9.17) is 0 Å². The number of amides is 1. The highest BCUT2D eigenvalue weighted by Crippen LogP contribution is 2.40. The third kappa shape index (κ3) is 1.69. The van der Waals surface area contributed by atoms with Gasteiger partial charge in [0.2, 0.25) is 5.91 Å². The van der Waals surface area contributed by atoms with Gasteiger partial charge in [0, 0.05) is 18.9 Å². The first kappa shape index (κ1) is 8.97. The maximum absolute atomic E-state index is 13.4. The van der Waals surface area contributed by atoms with Crippen LogP contribution in [0.25, 0.3) is 0 Å². The minimum absolute atomic E-state index is 0.175. The van der Waals surface area contributed by atoms with Crippen LogP contribution >= 0.6 is 0 Å². The van der Waals surface area contributed by atoms with Crippen LogP contribution < -0.4 is 0 Å². The smallest absolute Gasteiger partial charge is 0.226 e. The summed E-state index contributed by atoms with van der Waals surface area (Å²) in [7, 11) is 0. The Kier molecular flexibility index (Phi) is 1.86. The monoisotopic (exact) mass is 185 g/mol. The number of carbonyl (C=O) groups is 1. The van der Waals surface area contributed by atoms with E-state index in [1.165, 1.54) is 0 Å². The normalized spacial score (nSPS) is 43.8. The fraction of sp³-hybridized carbons (Fsp3) is 0.900. The highest BCUT2D eigenvalue weighted by molar-refractivity contribution is 5.82. The second-order valence-corrected chi connectivity index (χ2v) is 4.74. The Morgan fingerprint density at radius 1 is 1.62 bits per heavy atom. The van der Waals surface area contributed by atoms with E-state index in [-0.39, 0.29) is 11.8 Å². The van der Waals surface area contributed by atoms with Gasteiger partial charge in [0.05, 0.1) is 6.54 Å². The fourth-order valence-electron chi connectivity index (χ4n) is 2.01. The van der Waals surface area contributed by atoms with Crippen molar-refractivity contribution in [2.24, 2.45) is 11.8 Å². The van der Waals surface area contributed by atoms with Gasteiger partial charge in [0.1, 0.15) is 5.67 Å². The SMILES string of the molecule is CC1CC1C(=O)N1CCC(C)(F)C1. The van der Waals surface area contributed by atoms with Crippen molar-refractivity contribution in [3.63, 3.8) is 0 Å². The lowest BCUT2D eigenvalue weighted by Gasteiger charge is -2.17. The third-order valence-electron chi connectivity index (χ3n) is 3.16. The van der Waals surface area contributed by atoms with Gasteiger partial charge in [0.25, 0.3) is 0 Å². The molecule has 2 aliphatic rings. The molecule has 0 spiro atoms. The first-order valence-corrected chi connectivity index (χ1v) is 4.97. The Bertz CT molecular complexity index is 239. The van der Waals surface area contributed by atoms with Gasteiger partial charge in [-0.2, -0.15) is 0 Å². The topological polar surface area (TPSA) is 20.3 Å². The molecular formula is C10H16FNO. The minimum Gasteiger partial charge on any atom is -0.339 e. The van der Waals surface area contributed by atoms with E-state index in [0.29, 0.717) is 25.4 Å². The summed E-state index contributed by atoms with van der Waals surface area (Å²) in [4.78, 5) is 13.4. The summed E-state index contributed by atoms with van der Waals surface area (Å²) in [5.41, 5.74) is -1.15. The molecule has 0 aromatic rings. The molecule has 3 heteroatoms. The lowest BCUT2D eigenvalue weighted by atomic mass is 10.1. The zero-order valence-electron chi connectivity index (χ0n) is 8.22. The molecule has 2 rings (SSSR count). The van der Waals surface area contributed by atoms with Crippen molar-refractivity contribution in [1.29, 1.82) is 0 Å². The fourth-order valence-corrected chi connectivity index (χ4v) is 2.01. The van der Waals surface area contributed by atoms with Crippen LogP contribution in [-0.4, -0.2) is 29.6 Å². The van der Waals surface area contributed by atoms with Crippen molar-refractivity contribution in [2.75, 3.05) is 13.1 Å². The van der Waals surface area contributed by atoms with Crippen LogP contribution in [0, 0.1) is 11.8 Å². The van der Waals surface area contributed by atoms with Crippen LogP contribution in [0.4, 0.5) is 4.39 Å². The molecule has 1 aliphatic carbocycles. The van der Waals surface area contributed by atoms with Crippen molar-refractivity contribution in [3.8, 4) is 0 Å². The van der Waals surface area contributed by atoms with Crippen LogP contribution in [0.5, 0.6) is 0 Å². The molecule has 3 atom stereocenters. The minimum atomic E-state index is -1.15. The Morgan fingerprint density at radius 2 is 2.23 bits per heavy atom. The maximum Gasteiger partial charge on any atom is 0.226 e. The van der Waals surface area contributed by atoms with E-state index in [1.807, 2.05) is 0 Å². The van der Waals surface area contributed by atoms with Gasteiger partial charge >= 0.3 is 0 Å². The summed E-state index contributed by atoms with van der Waals surface area (Å²) < 4.78 is 13.4. The summed E-state index contributed by atoms with van der Waals surface area (Å²) in [6.07, 6.45) is 1.50. The first-order valence-electron chi connectivity index (χ1n) is 4.97. The first-order chi connectivity index (χ1) is 5.99. The van der Waals surface area contributed by atoms with Gasteiger partial charge in [-0.15, -0.1) is 0 Å². The average molecular weight is 185 g/mol. The van der Waals surface area contributed by atoms with E-state index in [0.717, 1.165) is 6.42 Å². The van der Waals surface area contributed by atoms with Crippen molar-refractivity contribution in [2.45, 2.75) is 32.4 Å². The number of nitrogens with zero attached hydrogens (tertiary/aromatic N) is 1. The Labute approximate surface area is 78.1 Å². The number of likely N-dealkylation sites (tertiary alicyclic amines) is 1. The van der Waals surface area contributed by atoms with Crippen molar-refractivity contribution >= 4 is 5.91 Å². The van der Waals surface area contributed by atoms with Crippen LogP contribution in [0.15, 0.2) is 0 Å². The Balaban J connectivity index is 1.93. The largest absolute Gasteiger partial charge is 0.339 e. The predicted molar refractivity (Wildman–Crippen MR) is 48.0 cm³/mol. The van der Waals surface area contributed by atoms with E-state index in [9.17, 15) is 9.18 Å². The molecule has 1 saturated heterocycles. The van der Waals surface area contributed by atoms with Crippen molar-refractivity contribution in [3.05, 3.63) is 0 Å². The quantitative estimate of drug-likeness (QED) is 0.607. The Morgan fingerprint density at radius 3 is 2.62 bits per heavy atom. The highest BCUT2D eigenvalue weighted by atomic mass is 19.1. The number of halogens is 1. The van der Waals surface area contributed by atoms with E-state index >= 15 is 0 Å². The molecule has 1 heterocycles. The molecule has 0 N–H and O–H groups in total. The number of hydrogen-bond donors (Lipinski definition) is 0. The lowest BCUT2D eigenvalue weighted by molar-refractivity contribution is -0.132. The van der Waals surface area contributed by atoms with Gasteiger partial charge in [-0.05, 0) is 19.3 Å². The van der Waals surface area contributed by atoms with Gasteiger partial charge in [-0.25, -0.2) is 4.39 Å². The molecule has 74 valence electrons. The summed E-state index contributed by atoms with van der Waals surface area (Å²) in [6.45, 7) is 4.56.